The van der Waals surface area contributed by atoms with Crippen LogP contribution in [0.15, 0.2) is 12.2 Å². The van der Waals surface area contributed by atoms with E-state index in [2.05, 4.69) is 17.5 Å². The summed E-state index contributed by atoms with van der Waals surface area (Å²) in [6.45, 7) is 2.10. The first-order valence-corrected chi connectivity index (χ1v) is 5.84. The van der Waals surface area contributed by atoms with Gasteiger partial charge >= 0.3 is 6.09 Å². The van der Waals surface area contributed by atoms with Gasteiger partial charge in [-0.1, -0.05) is 12.2 Å². The number of ketones is 1. The number of carbonyl (C=O) groups excluding carboxylic acids is 1. The number of hydrogen-bond acceptors (Lipinski definition) is 3. The summed E-state index contributed by atoms with van der Waals surface area (Å²) in [6, 6.07) is -0.648. The molecule has 1 heterocycles. The Morgan fingerprint density at radius 3 is 2.59 bits per heavy atom. The molecule has 0 saturated carbocycles. The molecule has 2 N–H and O–H groups in total. The summed E-state index contributed by atoms with van der Waals surface area (Å²) in [7, 11) is 0. The predicted molar refractivity (Wildman–Crippen MR) is 60.8 cm³/mol. The van der Waals surface area contributed by atoms with Crippen molar-refractivity contribution in [1.29, 1.82) is 0 Å². The minimum absolute atomic E-state index is 0.146. The molecule has 1 aliphatic heterocycles. The summed E-state index contributed by atoms with van der Waals surface area (Å²) >= 11 is 0. The zero-order valence-corrected chi connectivity index (χ0v) is 9.81. The van der Waals surface area contributed by atoms with Crippen molar-refractivity contribution < 1.29 is 19.4 Å². The van der Waals surface area contributed by atoms with Crippen LogP contribution in [0, 0.1) is 5.92 Å². The summed E-state index contributed by atoms with van der Waals surface area (Å²) in [4.78, 5) is 22.8. The standard InChI is InChI=1S/C12H17NO4/c1-12(7-17-12)10(14)9(13-11(15)16)6-8-4-2-3-5-8/h2-3,8-9,13H,4-7H2,1H3,(H,15,16)/t9-,12+/m1/s1. The van der Waals surface area contributed by atoms with Crippen LogP contribution in [0.2, 0.25) is 0 Å². The zero-order chi connectivity index (χ0) is 12.5. The van der Waals surface area contributed by atoms with Gasteiger partial charge in [-0.05, 0) is 32.1 Å². The van der Waals surface area contributed by atoms with Crippen molar-refractivity contribution in [2.45, 2.75) is 37.8 Å². The van der Waals surface area contributed by atoms with Gasteiger partial charge in [-0.3, -0.25) is 4.79 Å². The third-order valence-corrected chi connectivity index (χ3v) is 3.39. The Labute approximate surface area is 99.8 Å². The summed E-state index contributed by atoms with van der Waals surface area (Å²) in [6.07, 6.45) is 5.38. The Morgan fingerprint density at radius 2 is 2.12 bits per heavy atom. The van der Waals surface area contributed by atoms with Gasteiger partial charge in [0.1, 0.15) is 5.60 Å². The van der Waals surface area contributed by atoms with Crippen LogP contribution < -0.4 is 5.32 Å². The molecular weight excluding hydrogens is 222 g/mol. The second-order valence-corrected chi connectivity index (χ2v) is 4.93. The fourth-order valence-corrected chi connectivity index (χ4v) is 2.20. The van der Waals surface area contributed by atoms with Gasteiger partial charge in [0.25, 0.3) is 0 Å². The highest BCUT2D eigenvalue weighted by Gasteiger charge is 2.50. The van der Waals surface area contributed by atoms with E-state index in [1.165, 1.54) is 0 Å². The number of nitrogens with one attached hydrogen (secondary N) is 1. The van der Waals surface area contributed by atoms with Gasteiger partial charge < -0.3 is 15.2 Å². The highest BCUT2D eigenvalue weighted by atomic mass is 16.6. The van der Waals surface area contributed by atoms with Gasteiger partial charge in [0.2, 0.25) is 0 Å². The molecule has 1 aliphatic carbocycles. The van der Waals surface area contributed by atoms with E-state index in [1.807, 2.05) is 0 Å². The van der Waals surface area contributed by atoms with Crippen LogP contribution in [0.1, 0.15) is 26.2 Å². The molecule has 1 saturated heterocycles. The lowest BCUT2D eigenvalue weighted by atomic mass is 9.91. The molecule has 1 amide bonds. The first kappa shape index (κ1) is 12.1. The van der Waals surface area contributed by atoms with Gasteiger partial charge in [-0.15, -0.1) is 0 Å². The van der Waals surface area contributed by atoms with E-state index >= 15 is 0 Å². The Hall–Kier alpha value is -1.36. The predicted octanol–water partition coefficient (Wildman–Crippen LogP) is 1.34. The topological polar surface area (TPSA) is 78.9 Å². The van der Waals surface area contributed by atoms with E-state index in [1.54, 1.807) is 6.92 Å². The fourth-order valence-electron chi connectivity index (χ4n) is 2.20. The lowest BCUT2D eigenvalue weighted by Gasteiger charge is -2.21. The number of epoxide rings is 1. The van der Waals surface area contributed by atoms with Crippen LogP contribution in [0.5, 0.6) is 0 Å². The molecule has 5 heteroatoms. The Morgan fingerprint density at radius 1 is 1.53 bits per heavy atom. The number of Topliss-reactive ketones (excluding diaryl/α,β-unsaturated/α-hetero) is 1. The molecule has 1 fully saturated rings. The van der Waals surface area contributed by atoms with Crippen LogP contribution in [-0.2, 0) is 9.53 Å². The maximum atomic E-state index is 12.1. The van der Waals surface area contributed by atoms with Crippen molar-refractivity contribution in [2.75, 3.05) is 6.61 Å². The van der Waals surface area contributed by atoms with Crippen LogP contribution in [0.3, 0.4) is 0 Å². The molecule has 0 aromatic rings. The van der Waals surface area contributed by atoms with Crippen LogP contribution in [0.25, 0.3) is 0 Å². The van der Waals surface area contributed by atoms with Crippen molar-refractivity contribution in [3.05, 3.63) is 12.2 Å². The average Bonchev–Trinajstić information content (AvgIpc) is 2.80. The Kier molecular flexibility index (Phi) is 3.19. The zero-order valence-electron chi connectivity index (χ0n) is 9.81. The van der Waals surface area contributed by atoms with E-state index in [0.717, 1.165) is 12.8 Å². The highest BCUT2D eigenvalue weighted by molar-refractivity contribution is 5.95. The molecule has 0 spiro atoms. The number of ether oxygens (including phenoxy) is 1. The van der Waals surface area contributed by atoms with E-state index in [-0.39, 0.29) is 5.78 Å². The molecule has 94 valence electrons. The maximum absolute atomic E-state index is 12.1. The number of carboxylic acid groups (broad SMARTS) is 1. The molecule has 5 nitrogen and oxygen atoms in total. The molecule has 2 atom stereocenters. The summed E-state index contributed by atoms with van der Waals surface area (Å²) < 4.78 is 5.09. The smallest absolute Gasteiger partial charge is 0.405 e. The summed E-state index contributed by atoms with van der Waals surface area (Å²) in [5, 5.41) is 11.1. The van der Waals surface area contributed by atoms with Crippen molar-refractivity contribution in [3.63, 3.8) is 0 Å². The lowest BCUT2D eigenvalue weighted by molar-refractivity contribution is -0.125. The third-order valence-electron chi connectivity index (χ3n) is 3.39. The van der Waals surface area contributed by atoms with Crippen molar-refractivity contribution in [1.82, 2.24) is 5.32 Å². The van der Waals surface area contributed by atoms with E-state index in [4.69, 9.17) is 9.84 Å². The Balaban J connectivity index is 1.97. The molecule has 0 bridgehead atoms. The Bertz CT molecular complexity index is 352. The molecule has 2 rings (SSSR count). The molecule has 0 aromatic carbocycles. The van der Waals surface area contributed by atoms with Gasteiger partial charge in [-0.2, -0.15) is 0 Å². The first-order chi connectivity index (χ1) is 8.01. The molecule has 0 unspecified atom stereocenters. The second kappa shape index (κ2) is 4.49. The number of allylic oxidation sites excluding steroid dienone is 2. The number of hydrogen-bond donors (Lipinski definition) is 2. The monoisotopic (exact) mass is 239 g/mol. The van der Waals surface area contributed by atoms with Gasteiger partial charge in [0.05, 0.1) is 12.6 Å². The average molecular weight is 239 g/mol. The van der Waals surface area contributed by atoms with Gasteiger partial charge in [0, 0.05) is 0 Å². The molecule has 0 radical (unpaired) electrons. The number of amides is 1. The molecule has 2 aliphatic rings. The number of carbonyl (C=O) groups is 2. The molecule has 0 aromatic heterocycles. The minimum atomic E-state index is -1.15. The maximum Gasteiger partial charge on any atom is 0.405 e. The molecule has 17 heavy (non-hydrogen) atoms. The fraction of sp³-hybridized carbons (Fsp3) is 0.667. The minimum Gasteiger partial charge on any atom is -0.465 e. The SMILES string of the molecule is C[C@@]1(C(=O)[C@@H](CC2CC=CC2)NC(=O)O)CO1. The van der Waals surface area contributed by atoms with Gasteiger partial charge in [0.15, 0.2) is 5.78 Å². The van der Waals surface area contributed by atoms with Gasteiger partial charge in [-0.25, -0.2) is 4.79 Å². The van der Waals surface area contributed by atoms with Crippen LogP contribution >= 0.6 is 0 Å². The third kappa shape index (κ3) is 2.85. The van der Waals surface area contributed by atoms with E-state index in [0.29, 0.717) is 18.9 Å². The van der Waals surface area contributed by atoms with E-state index in [9.17, 15) is 9.59 Å². The lowest BCUT2D eigenvalue weighted by Crippen LogP contribution is -2.46. The largest absolute Gasteiger partial charge is 0.465 e. The highest BCUT2D eigenvalue weighted by Crippen LogP contribution is 2.31. The summed E-state index contributed by atoms with van der Waals surface area (Å²) in [5.74, 6) is 0.213. The van der Waals surface area contributed by atoms with Crippen LogP contribution in [-0.4, -0.2) is 35.2 Å². The van der Waals surface area contributed by atoms with Crippen molar-refractivity contribution >= 4 is 11.9 Å². The quantitative estimate of drug-likeness (QED) is 0.560. The molecular formula is C12H17NO4. The first-order valence-electron chi connectivity index (χ1n) is 5.84. The van der Waals surface area contributed by atoms with Crippen molar-refractivity contribution in [2.24, 2.45) is 5.92 Å². The second-order valence-electron chi connectivity index (χ2n) is 4.93. The normalized spacial score (nSPS) is 29.0. The van der Waals surface area contributed by atoms with Crippen LogP contribution in [0.4, 0.5) is 4.79 Å². The van der Waals surface area contributed by atoms with Crippen molar-refractivity contribution in [3.8, 4) is 0 Å². The summed E-state index contributed by atoms with van der Waals surface area (Å²) in [5.41, 5.74) is -0.765. The number of rotatable bonds is 5. The van der Waals surface area contributed by atoms with E-state index < -0.39 is 17.7 Å².